The minimum atomic E-state index is -1.23. The first-order valence-electron chi connectivity index (χ1n) is 9.73. The fourth-order valence-corrected chi connectivity index (χ4v) is 2.42. The van der Waals surface area contributed by atoms with Gasteiger partial charge in [-0.25, -0.2) is 9.59 Å². The summed E-state index contributed by atoms with van der Waals surface area (Å²) >= 11 is 0. The highest BCUT2D eigenvalue weighted by atomic mass is 16.5. The van der Waals surface area contributed by atoms with E-state index in [1.54, 1.807) is 0 Å². The fourth-order valence-electron chi connectivity index (χ4n) is 2.42. The Morgan fingerprint density at radius 1 is 0.808 bits per heavy atom. The molecule has 6 heteroatoms. The topological polar surface area (TPSA) is 89.9 Å². The third kappa shape index (κ3) is 18.6. The van der Waals surface area contributed by atoms with Gasteiger partial charge in [-0.05, 0) is 19.3 Å². The zero-order valence-electron chi connectivity index (χ0n) is 16.0. The molecule has 0 rings (SSSR count). The molecular formula is C20H34O6. The maximum atomic E-state index is 11.6. The zero-order valence-corrected chi connectivity index (χ0v) is 16.0. The van der Waals surface area contributed by atoms with Crippen LogP contribution in [-0.4, -0.2) is 42.6 Å². The maximum absolute atomic E-state index is 11.6. The quantitative estimate of drug-likeness (QED) is 0.222. The van der Waals surface area contributed by atoms with E-state index in [1.165, 1.54) is 32.1 Å². The van der Waals surface area contributed by atoms with Crippen molar-refractivity contribution in [1.82, 2.24) is 0 Å². The van der Waals surface area contributed by atoms with Crippen molar-refractivity contribution >= 4 is 17.7 Å². The van der Waals surface area contributed by atoms with Gasteiger partial charge in [0.15, 0.2) is 5.78 Å². The second-order valence-corrected chi connectivity index (χ2v) is 6.36. The highest BCUT2D eigenvalue weighted by molar-refractivity contribution is 5.92. The summed E-state index contributed by atoms with van der Waals surface area (Å²) in [6.07, 6.45) is 13.2. The Balaban J connectivity index is 3.33. The SMILES string of the molecule is CCCOCCCCCCCCCCCC(=O)COC(=O)/C=C/C(=O)O. The molecule has 0 radical (unpaired) electrons. The van der Waals surface area contributed by atoms with Crippen LogP contribution in [0.4, 0.5) is 0 Å². The molecule has 1 N–H and O–H groups in total. The number of esters is 1. The largest absolute Gasteiger partial charge is 0.478 e. The average Bonchev–Trinajstić information content (AvgIpc) is 2.62. The molecule has 26 heavy (non-hydrogen) atoms. The predicted molar refractivity (Wildman–Crippen MR) is 100 cm³/mol. The molecule has 6 nitrogen and oxygen atoms in total. The number of ether oxygens (including phenoxy) is 2. The standard InChI is InChI=1S/C20H34O6/c1-2-15-25-16-11-9-7-5-3-4-6-8-10-12-18(21)17-26-20(24)14-13-19(22)23/h13-14H,2-12,15-17H2,1H3,(H,22,23)/b14-13+. The van der Waals surface area contributed by atoms with Gasteiger partial charge in [0.25, 0.3) is 0 Å². The van der Waals surface area contributed by atoms with Gasteiger partial charge in [0.1, 0.15) is 6.61 Å². The molecule has 0 aromatic carbocycles. The van der Waals surface area contributed by atoms with Crippen LogP contribution in [0.2, 0.25) is 0 Å². The third-order valence-electron chi connectivity index (χ3n) is 3.83. The molecule has 0 bridgehead atoms. The van der Waals surface area contributed by atoms with Crippen molar-refractivity contribution in [3.05, 3.63) is 12.2 Å². The van der Waals surface area contributed by atoms with E-state index in [-0.39, 0.29) is 12.4 Å². The second-order valence-electron chi connectivity index (χ2n) is 6.36. The summed E-state index contributed by atoms with van der Waals surface area (Å²) in [6.45, 7) is 3.58. The van der Waals surface area contributed by atoms with Crippen molar-refractivity contribution in [1.29, 1.82) is 0 Å². The highest BCUT2D eigenvalue weighted by Crippen LogP contribution is 2.11. The molecule has 0 saturated carbocycles. The number of rotatable bonds is 18. The second kappa shape index (κ2) is 18.1. The van der Waals surface area contributed by atoms with Crippen LogP contribution in [0.5, 0.6) is 0 Å². The van der Waals surface area contributed by atoms with Crippen LogP contribution in [0.1, 0.15) is 77.6 Å². The molecule has 0 spiro atoms. The number of hydrogen-bond donors (Lipinski definition) is 1. The van der Waals surface area contributed by atoms with Crippen LogP contribution in [0.25, 0.3) is 0 Å². The molecule has 0 amide bonds. The first-order chi connectivity index (χ1) is 12.6. The lowest BCUT2D eigenvalue weighted by atomic mass is 10.1. The van der Waals surface area contributed by atoms with E-state index < -0.39 is 11.9 Å². The van der Waals surface area contributed by atoms with Crippen LogP contribution in [-0.2, 0) is 23.9 Å². The van der Waals surface area contributed by atoms with Crippen LogP contribution in [0.15, 0.2) is 12.2 Å². The van der Waals surface area contributed by atoms with Gasteiger partial charge in [-0.1, -0.05) is 51.9 Å². The normalized spacial score (nSPS) is 11.0. The number of carbonyl (C=O) groups is 3. The van der Waals surface area contributed by atoms with E-state index in [0.29, 0.717) is 12.5 Å². The van der Waals surface area contributed by atoms with E-state index in [9.17, 15) is 14.4 Å². The minimum Gasteiger partial charge on any atom is -0.478 e. The van der Waals surface area contributed by atoms with E-state index in [0.717, 1.165) is 51.4 Å². The first kappa shape index (κ1) is 24.3. The molecule has 0 aliphatic carbocycles. The zero-order chi connectivity index (χ0) is 19.5. The number of hydrogen-bond acceptors (Lipinski definition) is 5. The molecule has 0 aromatic heterocycles. The van der Waals surface area contributed by atoms with Gasteiger partial charge in [0, 0.05) is 31.8 Å². The molecule has 0 unspecified atom stereocenters. The molecule has 150 valence electrons. The van der Waals surface area contributed by atoms with E-state index in [2.05, 4.69) is 11.7 Å². The van der Waals surface area contributed by atoms with Gasteiger partial charge < -0.3 is 14.6 Å². The average molecular weight is 370 g/mol. The predicted octanol–water partition coefficient (Wildman–Crippen LogP) is 4.07. The van der Waals surface area contributed by atoms with E-state index in [4.69, 9.17) is 9.84 Å². The van der Waals surface area contributed by atoms with Gasteiger partial charge in [-0.2, -0.15) is 0 Å². The van der Waals surface area contributed by atoms with Gasteiger partial charge in [0.2, 0.25) is 0 Å². The van der Waals surface area contributed by atoms with Gasteiger partial charge >= 0.3 is 11.9 Å². The molecule has 0 aliphatic rings. The maximum Gasteiger partial charge on any atom is 0.331 e. The molecular weight excluding hydrogens is 336 g/mol. The Labute approximate surface area is 156 Å². The summed E-state index contributed by atoms with van der Waals surface area (Å²) in [4.78, 5) is 32.9. The van der Waals surface area contributed by atoms with Crippen LogP contribution >= 0.6 is 0 Å². The lowest BCUT2D eigenvalue weighted by Crippen LogP contribution is -2.12. The lowest BCUT2D eigenvalue weighted by Gasteiger charge is -2.04. The molecule has 0 aromatic rings. The smallest absolute Gasteiger partial charge is 0.331 e. The number of carbonyl (C=O) groups excluding carboxylic acids is 2. The van der Waals surface area contributed by atoms with E-state index in [1.807, 2.05) is 0 Å². The van der Waals surface area contributed by atoms with Gasteiger partial charge in [0.05, 0.1) is 0 Å². The minimum absolute atomic E-state index is 0.132. The summed E-state index contributed by atoms with van der Waals surface area (Å²) in [5, 5.41) is 8.36. The summed E-state index contributed by atoms with van der Waals surface area (Å²) in [7, 11) is 0. The Bertz CT molecular complexity index is 417. The molecule has 0 atom stereocenters. The Morgan fingerprint density at radius 2 is 1.38 bits per heavy atom. The Kier molecular flexibility index (Phi) is 16.9. The van der Waals surface area contributed by atoms with Crippen molar-refractivity contribution in [3.8, 4) is 0 Å². The van der Waals surface area contributed by atoms with Crippen molar-refractivity contribution in [2.75, 3.05) is 19.8 Å². The van der Waals surface area contributed by atoms with Crippen LogP contribution in [0, 0.1) is 0 Å². The number of Topliss-reactive ketones (excluding diaryl/α,β-unsaturated/α-hetero) is 1. The van der Waals surface area contributed by atoms with E-state index >= 15 is 0 Å². The van der Waals surface area contributed by atoms with Crippen LogP contribution in [0.3, 0.4) is 0 Å². The summed E-state index contributed by atoms with van der Waals surface area (Å²) in [6, 6.07) is 0. The number of unbranched alkanes of at least 4 members (excludes halogenated alkanes) is 8. The number of carboxylic acid groups (broad SMARTS) is 1. The summed E-state index contributed by atoms with van der Waals surface area (Å²) in [5.41, 5.74) is 0. The Morgan fingerprint density at radius 3 is 1.96 bits per heavy atom. The van der Waals surface area contributed by atoms with Gasteiger partial charge in [-0.15, -0.1) is 0 Å². The van der Waals surface area contributed by atoms with Crippen molar-refractivity contribution in [2.24, 2.45) is 0 Å². The number of carboxylic acids is 1. The monoisotopic (exact) mass is 370 g/mol. The highest BCUT2D eigenvalue weighted by Gasteiger charge is 2.05. The molecule has 0 fully saturated rings. The number of ketones is 1. The number of aliphatic carboxylic acids is 1. The summed E-state index contributed by atoms with van der Waals surface area (Å²) in [5.74, 6) is -2.17. The molecule has 0 heterocycles. The molecule has 0 aliphatic heterocycles. The van der Waals surface area contributed by atoms with Crippen molar-refractivity contribution < 1.29 is 29.0 Å². The first-order valence-corrected chi connectivity index (χ1v) is 9.73. The third-order valence-corrected chi connectivity index (χ3v) is 3.83. The van der Waals surface area contributed by atoms with Gasteiger partial charge in [-0.3, -0.25) is 4.79 Å². The van der Waals surface area contributed by atoms with Crippen molar-refractivity contribution in [3.63, 3.8) is 0 Å². The Hall–Kier alpha value is -1.69. The van der Waals surface area contributed by atoms with Crippen molar-refractivity contribution in [2.45, 2.75) is 77.6 Å². The lowest BCUT2D eigenvalue weighted by molar-refractivity contribution is -0.143. The fraction of sp³-hybridized carbons (Fsp3) is 0.750. The summed E-state index contributed by atoms with van der Waals surface area (Å²) < 4.78 is 10.1. The molecule has 0 saturated heterocycles. The van der Waals surface area contributed by atoms with Crippen LogP contribution < -0.4 is 0 Å².